The first-order chi connectivity index (χ1) is 7.76. The fourth-order valence-corrected chi connectivity index (χ4v) is 2.07. The van der Waals surface area contributed by atoms with Crippen LogP contribution in [-0.2, 0) is 13.5 Å². The Balaban J connectivity index is 2.45. The lowest BCUT2D eigenvalue weighted by atomic mass is 10.1. The third-order valence-corrected chi connectivity index (χ3v) is 2.93. The summed E-state index contributed by atoms with van der Waals surface area (Å²) in [5.74, 6) is 0.902. The van der Waals surface area contributed by atoms with Crippen LogP contribution in [0, 0.1) is 0 Å². The van der Waals surface area contributed by atoms with Crippen molar-refractivity contribution in [1.82, 2.24) is 4.57 Å². The van der Waals surface area contributed by atoms with Gasteiger partial charge in [0.25, 0.3) is 0 Å². The van der Waals surface area contributed by atoms with Gasteiger partial charge in [-0.05, 0) is 37.1 Å². The van der Waals surface area contributed by atoms with Crippen molar-refractivity contribution in [1.29, 1.82) is 0 Å². The van der Waals surface area contributed by atoms with Crippen LogP contribution in [0.2, 0.25) is 0 Å². The number of benzene rings is 1. The molecule has 0 aliphatic heterocycles. The quantitative estimate of drug-likeness (QED) is 0.853. The van der Waals surface area contributed by atoms with Crippen LogP contribution < -0.4 is 10.5 Å². The number of ether oxygens (including phenoxy) is 1. The van der Waals surface area contributed by atoms with Crippen LogP contribution in [0.4, 0.5) is 0 Å². The van der Waals surface area contributed by atoms with E-state index in [-0.39, 0.29) is 0 Å². The molecule has 2 N–H and O–H groups in total. The largest absolute Gasteiger partial charge is 0.497 e. The second kappa shape index (κ2) is 4.58. The highest BCUT2D eigenvalue weighted by Gasteiger charge is 2.06. The molecule has 86 valence electrons. The van der Waals surface area contributed by atoms with E-state index in [0.29, 0.717) is 0 Å². The minimum absolute atomic E-state index is 0.743. The zero-order valence-electron chi connectivity index (χ0n) is 9.86. The van der Waals surface area contributed by atoms with Gasteiger partial charge < -0.3 is 15.0 Å². The molecule has 1 aromatic carbocycles. The fraction of sp³-hybridized carbons (Fsp3) is 0.385. The van der Waals surface area contributed by atoms with Gasteiger partial charge >= 0.3 is 0 Å². The molecule has 0 amide bonds. The minimum Gasteiger partial charge on any atom is -0.497 e. The molecule has 0 bridgehead atoms. The molecule has 0 unspecified atom stereocenters. The number of methoxy groups -OCH3 is 1. The number of fused-ring (bicyclic) bond motifs is 1. The summed E-state index contributed by atoms with van der Waals surface area (Å²) >= 11 is 0. The number of hydrogen-bond donors (Lipinski definition) is 1. The van der Waals surface area contributed by atoms with E-state index in [1.54, 1.807) is 7.11 Å². The molecule has 3 heteroatoms. The SMILES string of the molecule is COc1ccc2c(CCCN)cn(C)c2c1. The molecule has 1 heterocycles. The molecule has 2 rings (SSSR count). The van der Waals surface area contributed by atoms with E-state index in [2.05, 4.69) is 29.9 Å². The summed E-state index contributed by atoms with van der Waals surface area (Å²) < 4.78 is 7.38. The summed E-state index contributed by atoms with van der Waals surface area (Å²) in [5.41, 5.74) is 8.13. The number of aromatic nitrogens is 1. The number of nitrogens with zero attached hydrogens (tertiary/aromatic N) is 1. The van der Waals surface area contributed by atoms with Crippen LogP contribution in [0.15, 0.2) is 24.4 Å². The highest BCUT2D eigenvalue weighted by atomic mass is 16.5. The third-order valence-electron chi connectivity index (χ3n) is 2.93. The van der Waals surface area contributed by atoms with E-state index in [4.69, 9.17) is 10.5 Å². The molecule has 16 heavy (non-hydrogen) atoms. The number of aryl methyl sites for hydroxylation is 2. The van der Waals surface area contributed by atoms with Crippen LogP contribution >= 0.6 is 0 Å². The Bertz CT molecular complexity index is 488. The molecule has 0 aliphatic rings. The molecule has 2 aromatic rings. The topological polar surface area (TPSA) is 40.2 Å². The molecular formula is C13H18N2O. The predicted molar refractivity (Wildman–Crippen MR) is 66.8 cm³/mol. The van der Waals surface area contributed by atoms with Crippen molar-refractivity contribution in [3.05, 3.63) is 30.0 Å². The van der Waals surface area contributed by atoms with Gasteiger partial charge in [0.05, 0.1) is 12.6 Å². The summed E-state index contributed by atoms with van der Waals surface area (Å²) in [6.45, 7) is 0.743. The lowest BCUT2D eigenvalue weighted by molar-refractivity contribution is 0.415. The molecular weight excluding hydrogens is 200 g/mol. The maximum atomic E-state index is 5.55. The van der Waals surface area contributed by atoms with Gasteiger partial charge in [0.1, 0.15) is 5.75 Å². The zero-order valence-corrected chi connectivity index (χ0v) is 9.86. The molecule has 0 spiro atoms. The monoisotopic (exact) mass is 218 g/mol. The molecule has 0 atom stereocenters. The second-order valence-corrected chi connectivity index (χ2v) is 4.04. The maximum absolute atomic E-state index is 5.55. The van der Waals surface area contributed by atoms with E-state index >= 15 is 0 Å². The smallest absolute Gasteiger partial charge is 0.120 e. The highest BCUT2D eigenvalue weighted by molar-refractivity contribution is 5.85. The molecule has 3 nitrogen and oxygen atoms in total. The van der Waals surface area contributed by atoms with E-state index in [1.165, 1.54) is 16.5 Å². The van der Waals surface area contributed by atoms with Gasteiger partial charge in [0, 0.05) is 24.7 Å². The maximum Gasteiger partial charge on any atom is 0.120 e. The summed E-state index contributed by atoms with van der Waals surface area (Å²) in [6.07, 6.45) is 4.26. The van der Waals surface area contributed by atoms with E-state index in [9.17, 15) is 0 Å². The van der Waals surface area contributed by atoms with Gasteiger partial charge in [-0.2, -0.15) is 0 Å². The first-order valence-corrected chi connectivity index (χ1v) is 5.58. The Morgan fingerprint density at radius 3 is 2.88 bits per heavy atom. The van der Waals surface area contributed by atoms with Gasteiger partial charge in [0.2, 0.25) is 0 Å². The number of nitrogens with two attached hydrogens (primary N) is 1. The van der Waals surface area contributed by atoms with Crippen LogP contribution in [0.5, 0.6) is 5.75 Å². The first-order valence-electron chi connectivity index (χ1n) is 5.58. The van der Waals surface area contributed by atoms with E-state index in [0.717, 1.165) is 25.1 Å². The van der Waals surface area contributed by atoms with Crippen molar-refractivity contribution < 1.29 is 4.74 Å². The number of hydrogen-bond acceptors (Lipinski definition) is 2. The molecule has 0 fully saturated rings. The van der Waals surface area contributed by atoms with Gasteiger partial charge in [-0.25, -0.2) is 0 Å². The molecule has 1 aromatic heterocycles. The molecule has 0 saturated carbocycles. The van der Waals surface area contributed by atoms with Crippen molar-refractivity contribution in [2.75, 3.05) is 13.7 Å². The standard InChI is InChI=1S/C13H18N2O/c1-15-9-10(4-3-7-14)12-6-5-11(16-2)8-13(12)15/h5-6,8-9H,3-4,7,14H2,1-2H3. The summed E-state index contributed by atoms with van der Waals surface area (Å²) in [5, 5.41) is 1.30. The Labute approximate surface area is 95.8 Å². The Kier molecular flexibility index (Phi) is 3.15. The van der Waals surface area contributed by atoms with Crippen LogP contribution in [0.1, 0.15) is 12.0 Å². The van der Waals surface area contributed by atoms with Crippen LogP contribution in [-0.4, -0.2) is 18.2 Å². The predicted octanol–water partition coefficient (Wildman–Crippen LogP) is 2.08. The van der Waals surface area contributed by atoms with Crippen molar-refractivity contribution in [2.45, 2.75) is 12.8 Å². The van der Waals surface area contributed by atoms with Crippen molar-refractivity contribution in [2.24, 2.45) is 12.8 Å². The van der Waals surface area contributed by atoms with Crippen molar-refractivity contribution in [3.8, 4) is 5.75 Å². The Hall–Kier alpha value is -1.48. The highest BCUT2D eigenvalue weighted by Crippen LogP contribution is 2.25. The second-order valence-electron chi connectivity index (χ2n) is 4.04. The lowest BCUT2D eigenvalue weighted by Gasteiger charge is -2.01. The van der Waals surface area contributed by atoms with E-state index in [1.807, 2.05) is 6.07 Å². The molecule has 0 aliphatic carbocycles. The molecule has 0 saturated heterocycles. The Morgan fingerprint density at radius 1 is 1.38 bits per heavy atom. The summed E-state index contributed by atoms with van der Waals surface area (Å²) in [4.78, 5) is 0. The minimum atomic E-state index is 0.743. The third kappa shape index (κ3) is 1.91. The normalized spacial score (nSPS) is 10.9. The lowest BCUT2D eigenvalue weighted by Crippen LogP contribution is -1.99. The number of rotatable bonds is 4. The van der Waals surface area contributed by atoms with Crippen molar-refractivity contribution in [3.63, 3.8) is 0 Å². The van der Waals surface area contributed by atoms with E-state index < -0.39 is 0 Å². The van der Waals surface area contributed by atoms with Gasteiger partial charge in [-0.15, -0.1) is 0 Å². The first kappa shape index (κ1) is 11.0. The summed E-state index contributed by atoms with van der Waals surface area (Å²) in [7, 11) is 3.76. The van der Waals surface area contributed by atoms with Gasteiger partial charge in [0.15, 0.2) is 0 Å². The van der Waals surface area contributed by atoms with Gasteiger partial charge in [-0.3, -0.25) is 0 Å². The summed E-state index contributed by atoms with van der Waals surface area (Å²) in [6, 6.07) is 6.20. The van der Waals surface area contributed by atoms with Gasteiger partial charge in [-0.1, -0.05) is 0 Å². The average Bonchev–Trinajstić information content (AvgIpc) is 2.63. The molecule has 0 radical (unpaired) electrons. The zero-order chi connectivity index (χ0) is 11.5. The average molecular weight is 218 g/mol. The van der Waals surface area contributed by atoms with Crippen LogP contribution in [0.3, 0.4) is 0 Å². The van der Waals surface area contributed by atoms with Crippen molar-refractivity contribution >= 4 is 10.9 Å². The fourth-order valence-electron chi connectivity index (χ4n) is 2.07. The van der Waals surface area contributed by atoms with Crippen LogP contribution in [0.25, 0.3) is 10.9 Å². The Morgan fingerprint density at radius 2 is 2.19 bits per heavy atom.